The van der Waals surface area contributed by atoms with Crippen molar-refractivity contribution in [1.29, 1.82) is 0 Å². The van der Waals surface area contributed by atoms with E-state index >= 15 is 0 Å². The minimum Gasteiger partial charge on any atom is -0.354 e. The number of rotatable bonds is 3. The van der Waals surface area contributed by atoms with Gasteiger partial charge in [-0.05, 0) is 29.8 Å². The fraction of sp³-hybridized carbons (Fsp3) is 0.0625. The summed E-state index contributed by atoms with van der Waals surface area (Å²) in [6, 6.07) is 10.1. The first kappa shape index (κ1) is 13.6. The first-order valence-corrected chi connectivity index (χ1v) is 7.31. The zero-order chi connectivity index (χ0) is 14.8. The lowest BCUT2D eigenvalue weighted by Crippen LogP contribution is -2.18. The van der Waals surface area contributed by atoms with Crippen molar-refractivity contribution in [1.82, 2.24) is 9.88 Å². The van der Waals surface area contributed by atoms with Crippen LogP contribution in [0.15, 0.2) is 54.2 Å². The molecule has 1 N–H and O–H groups in total. The van der Waals surface area contributed by atoms with Crippen molar-refractivity contribution in [3.8, 4) is 16.8 Å². The summed E-state index contributed by atoms with van der Waals surface area (Å²) in [6.45, 7) is 0. The average molecular weight is 300 g/mol. The van der Waals surface area contributed by atoms with E-state index in [0.717, 1.165) is 16.8 Å². The third kappa shape index (κ3) is 2.48. The van der Waals surface area contributed by atoms with E-state index in [4.69, 9.17) is 0 Å². The fourth-order valence-corrected chi connectivity index (χ4v) is 3.22. The van der Waals surface area contributed by atoms with Crippen LogP contribution in [0.1, 0.15) is 9.67 Å². The van der Waals surface area contributed by atoms with E-state index in [0.29, 0.717) is 4.88 Å². The average Bonchev–Trinajstić information content (AvgIpc) is 3.15. The predicted octanol–water partition coefficient (Wildman–Crippen LogP) is 3.70. The zero-order valence-electron chi connectivity index (χ0n) is 11.3. The number of hydrogen-bond acceptors (Lipinski definition) is 2. The minimum atomic E-state index is -0.275. The van der Waals surface area contributed by atoms with E-state index < -0.39 is 0 Å². The van der Waals surface area contributed by atoms with Crippen LogP contribution in [0.2, 0.25) is 0 Å². The van der Waals surface area contributed by atoms with E-state index in [1.165, 1.54) is 23.5 Å². The molecule has 5 heteroatoms. The topological polar surface area (TPSA) is 34.0 Å². The number of nitrogens with zero attached hydrogens (tertiary/aromatic N) is 1. The lowest BCUT2D eigenvalue weighted by atomic mass is 10.1. The summed E-state index contributed by atoms with van der Waals surface area (Å²) in [5.41, 5.74) is 2.61. The summed E-state index contributed by atoms with van der Waals surface area (Å²) in [5.74, 6) is -0.403. The molecule has 3 rings (SSSR count). The Morgan fingerprint density at radius 1 is 1.19 bits per heavy atom. The molecule has 0 bridgehead atoms. The Hall–Kier alpha value is -2.40. The van der Waals surface area contributed by atoms with E-state index in [-0.39, 0.29) is 11.7 Å². The fourth-order valence-electron chi connectivity index (χ4n) is 2.20. The maximum Gasteiger partial charge on any atom is 0.263 e. The third-order valence-electron chi connectivity index (χ3n) is 3.22. The number of benzene rings is 1. The van der Waals surface area contributed by atoms with Crippen LogP contribution < -0.4 is 5.32 Å². The Kier molecular flexibility index (Phi) is 3.58. The van der Waals surface area contributed by atoms with Gasteiger partial charge in [0.1, 0.15) is 10.7 Å². The van der Waals surface area contributed by atoms with E-state index in [9.17, 15) is 9.18 Å². The van der Waals surface area contributed by atoms with Gasteiger partial charge in [0.2, 0.25) is 0 Å². The second-order valence-corrected chi connectivity index (χ2v) is 5.38. The van der Waals surface area contributed by atoms with Crippen LogP contribution in [0.4, 0.5) is 4.39 Å². The van der Waals surface area contributed by atoms with Gasteiger partial charge in [-0.1, -0.05) is 12.1 Å². The molecule has 0 saturated carbocycles. The largest absolute Gasteiger partial charge is 0.354 e. The third-order valence-corrected chi connectivity index (χ3v) is 4.18. The molecule has 2 aromatic heterocycles. The second kappa shape index (κ2) is 5.54. The minimum absolute atomic E-state index is 0.128. The van der Waals surface area contributed by atoms with Crippen LogP contribution in [0.5, 0.6) is 0 Å². The van der Waals surface area contributed by atoms with E-state index in [1.54, 1.807) is 19.2 Å². The Morgan fingerprint density at radius 2 is 1.86 bits per heavy atom. The van der Waals surface area contributed by atoms with Crippen molar-refractivity contribution in [3.05, 3.63) is 64.9 Å². The Morgan fingerprint density at radius 3 is 2.48 bits per heavy atom. The molecule has 0 saturated heterocycles. The quantitative estimate of drug-likeness (QED) is 0.786. The highest BCUT2D eigenvalue weighted by molar-refractivity contribution is 7.13. The van der Waals surface area contributed by atoms with Crippen molar-refractivity contribution in [2.24, 2.45) is 0 Å². The first-order chi connectivity index (χ1) is 10.2. The zero-order valence-corrected chi connectivity index (χ0v) is 12.2. The molecule has 0 unspecified atom stereocenters. The van der Waals surface area contributed by atoms with Gasteiger partial charge in [0, 0.05) is 30.4 Å². The molecule has 2 heterocycles. The molecule has 106 valence electrons. The van der Waals surface area contributed by atoms with Gasteiger partial charge in [0.15, 0.2) is 0 Å². The maximum absolute atomic E-state index is 13.1. The van der Waals surface area contributed by atoms with Crippen LogP contribution in [-0.2, 0) is 0 Å². The molecule has 0 atom stereocenters. The smallest absolute Gasteiger partial charge is 0.263 e. The Bertz CT molecular complexity index is 760. The van der Waals surface area contributed by atoms with Crippen molar-refractivity contribution in [2.75, 3.05) is 7.05 Å². The number of carbonyl (C=O) groups is 1. The van der Waals surface area contributed by atoms with Crippen LogP contribution in [0.3, 0.4) is 0 Å². The highest BCUT2D eigenvalue weighted by Gasteiger charge is 2.19. The second-order valence-electron chi connectivity index (χ2n) is 4.50. The number of carbonyl (C=O) groups excluding carboxylic acids is 1. The van der Waals surface area contributed by atoms with Crippen molar-refractivity contribution < 1.29 is 9.18 Å². The highest BCUT2D eigenvalue weighted by atomic mass is 32.1. The molecule has 0 fully saturated rings. The predicted molar refractivity (Wildman–Crippen MR) is 82.4 cm³/mol. The summed E-state index contributed by atoms with van der Waals surface area (Å²) in [6.07, 6.45) is 3.78. The van der Waals surface area contributed by atoms with Gasteiger partial charge in [0.25, 0.3) is 5.91 Å². The number of thiophene rings is 1. The molecule has 1 aromatic carbocycles. The lowest BCUT2D eigenvalue weighted by molar-refractivity contribution is 0.0967. The number of halogens is 1. The summed E-state index contributed by atoms with van der Waals surface area (Å²) in [5, 5.41) is 4.58. The van der Waals surface area contributed by atoms with Crippen LogP contribution >= 0.6 is 11.3 Å². The van der Waals surface area contributed by atoms with Crippen LogP contribution in [-0.4, -0.2) is 17.5 Å². The number of hydrogen-bond donors (Lipinski definition) is 1. The summed E-state index contributed by atoms with van der Waals surface area (Å²) >= 11 is 1.38. The van der Waals surface area contributed by atoms with Crippen molar-refractivity contribution in [3.63, 3.8) is 0 Å². The Balaban J connectivity index is 2.19. The van der Waals surface area contributed by atoms with Crippen LogP contribution in [0, 0.1) is 5.82 Å². The molecular formula is C16H13FN2OS. The summed E-state index contributed by atoms with van der Waals surface area (Å²) < 4.78 is 15.0. The maximum atomic E-state index is 13.1. The standard InChI is InChI=1S/C16H13FN2OS/c1-18-16(20)15-14(19-8-2-3-9-19)13(10-21-15)11-4-6-12(17)7-5-11/h2-10H,1H3,(H,18,20). The number of nitrogens with one attached hydrogen (secondary N) is 1. The van der Waals surface area contributed by atoms with Crippen molar-refractivity contribution >= 4 is 17.2 Å². The molecule has 0 spiro atoms. The molecule has 0 aliphatic rings. The van der Waals surface area contributed by atoms with E-state index in [1.807, 2.05) is 34.5 Å². The molecule has 0 aliphatic carbocycles. The van der Waals surface area contributed by atoms with Gasteiger partial charge in [0.05, 0.1) is 5.69 Å². The number of amides is 1. The molecule has 21 heavy (non-hydrogen) atoms. The molecular weight excluding hydrogens is 287 g/mol. The van der Waals surface area contributed by atoms with Gasteiger partial charge in [-0.25, -0.2) is 4.39 Å². The van der Waals surface area contributed by atoms with Crippen LogP contribution in [0.25, 0.3) is 16.8 Å². The summed E-state index contributed by atoms with van der Waals surface area (Å²) in [7, 11) is 1.61. The van der Waals surface area contributed by atoms with Gasteiger partial charge < -0.3 is 9.88 Å². The molecule has 0 aliphatic heterocycles. The SMILES string of the molecule is CNC(=O)c1scc(-c2ccc(F)cc2)c1-n1cccc1. The summed E-state index contributed by atoms with van der Waals surface area (Å²) in [4.78, 5) is 12.7. The van der Waals surface area contributed by atoms with Gasteiger partial charge in [-0.3, -0.25) is 4.79 Å². The van der Waals surface area contributed by atoms with Gasteiger partial charge in [-0.15, -0.1) is 11.3 Å². The normalized spacial score (nSPS) is 10.6. The molecule has 1 amide bonds. The first-order valence-electron chi connectivity index (χ1n) is 6.43. The molecule has 3 aromatic rings. The highest BCUT2D eigenvalue weighted by Crippen LogP contribution is 2.35. The Labute approximate surface area is 125 Å². The van der Waals surface area contributed by atoms with Gasteiger partial charge in [-0.2, -0.15) is 0 Å². The lowest BCUT2D eigenvalue weighted by Gasteiger charge is -2.09. The van der Waals surface area contributed by atoms with Gasteiger partial charge >= 0.3 is 0 Å². The monoisotopic (exact) mass is 300 g/mol. The number of aromatic nitrogens is 1. The molecule has 3 nitrogen and oxygen atoms in total. The van der Waals surface area contributed by atoms with E-state index in [2.05, 4.69) is 5.32 Å². The molecule has 0 radical (unpaired) electrons. The van der Waals surface area contributed by atoms with Crippen molar-refractivity contribution in [2.45, 2.75) is 0 Å².